The van der Waals surface area contributed by atoms with Crippen molar-refractivity contribution in [3.05, 3.63) is 131 Å². The maximum Gasteiger partial charge on any atom is 0.251 e. The molecule has 1 atom stereocenters. The molecule has 1 heterocycles. The summed E-state index contributed by atoms with van der Waals surface area (Å²) in [4.78, 5) is 31.9. The van der Waals surface area contributed by atoms with Gasteiger partial charge in [-0.25, -0.2) is 0 Å². The number of anilines is 2. The van der Waals surface area contributed by atoms with Crippen LogP contribution in [0.5, 0.6) is 0 Å². The Morgan fingerprint density at radius 3 is 2.02 bits per heavy atom. The molecule has 5 rings (SSSR count). The zero-order valence-electron chi connectivity index (χ0n) is 22.8. The largest absolute Gasteiger partial charge is 0.378 e. The van der Waals surface area contributed by atoms with Crippen LogP contribution in [0.25, 0.3) is 0 Å². The summed E-state index contributed by atoms with van der Waals surface area (Å²) < 4.78 is 5.46. The molecule has 4 aromatic rings. The lowest BCUT2D eigenvalue weighted by atomic mass is 10.00. The Hall–Kier alpha value is -4.42. The minimum atomic E-state index is -0.809. The number of amides is 2. The van der Waals surface area contributed by atoms with Gasteiger partial charge in [0.2, 0.25) is 5.91 Å². The van der Waals surface area contributed by atoms with Crippen LogP contribution < -0.4 is 10.2 Å². The van der Waals surface area contributed by atoms with Gasteiger partial charge in [-0.15, -0.1) is 0 Å². The molecule has 1 N–H and O–H groups in total. The fraction of sp³-hybridized carbons (Fsp3) is 0.235. The maximum atomic E-state index is 14.0. The number of aryl methyl sites for hydroxylation is 1. The minimum absolute atomic E-state index is 0.113. The number of hydrogen-bond donors (Lipinski definition) is 1. The second-order valence-electron chi connectivity index (χ2n) is 10.1. The molecule has 0 spiro atoms. The second kappa shape index (κ2) is 13.1. The lowest BCUT2D eigenvalue weighted by molar-refractivity contribution is -0.139. The van der Waals surface area contributed by atoms with Crippen molar-refractivity contribution in [1.29, 1.82) is 0 Å². The van der Waals surface area contributed by atoms with Gasteiger partial charge in [0.25, 0.3) is 5.91 Å². The highest BCUT2D eigenvalue weighted by atomic mass is 16.5. The fourth-order valence-corrected chi connectivity index (χ4v) is 4.98. The van der Waals surface area contributed by atoms with Gasteiger partial charge < -0.3 is 19.9 Å². The normalized spacial score (nSPS) is 13.9. The van der Waals surface area contributed by atoms with Crippen molar-refractivity contribution in [2.75, 3.05) is 36.5 Å². The molecule has 0 bridgehead atoms. The lowest BCUT2D eigenvalue weighted by Crippen LogP contribution is -2.41. The topological polar surface area (TPSA) is 61.9 Å². The van der Waals surface area contributed by atoms with Crippen LogP contribution in [-0.4, -0.2) is 43.0 Å². The number of ether oxygens (including phenoxy) is 1. The van der Waals surface area contributed by atoms with Crippen molar-refractivity contribution in [3.63, 3.8) is 0 Å². The first-order valence-electron chi connectivity index (χ1n) is 13.7. The van der Waals surface area contributed by atoms with E-state index in [1.807, 2.05) is 116 Å². The molecule has 1 aliphatic rings. The number of morpholine rings is 1. The molecule has 0 radical (unpaired) electrons. The zero-order valence-corrected chi connectivity index (χ0v) is 22.8. The van der Waals surface area contributed by atoms with Crippen LogP contribution in [0, 0.1) is 6.92 Å². The Morgan fingerprint density at radius 2 is 1.40 bits per heavy atom. The minimum Gasteiger partial charge on any atom is -0.378 e. The summed E-state index contributed by atoms with van der Waals surface area (Å²) in [5.74, 6) is -0.362. The van der Waals surface area contributed by atoms with Crippen molar-refractivity contribution < 1.29 is 14.3 Å². The zero-order chi connectivity index (χ0) is 27.7. The molecule has 6 heteroatoms. The molecule has 204 valence electrons. The van der Waals surface area contributed by atoms with Gasteiger partial charge >= 0.3 is 0 Å². The first-order chi connectivity index (χ1) is 19.6. The average Bonchev–Trinajstić information content (AvgIpc) is 2.99. The van der Waals surface area contributed by atoms with Gasteiger partial charge in [-0.2, -0.15) is 0 Å². The summed E-state index contributed by atoms with van der Waals surface area (Å²) in [6, 6.07) is 34.4. The fourth-order valence-electron chi connectivity index (χ4n) is 4.98. The third-order valence-electron chi connectivity index (χ3n) is 7.18. The van der Waals surface area contributed by atoms with Crippen molar-refractivity contribution in [2.45, 2.75) is 25.9 Å². The van der Waals surface area contributed by atoms with Crippen molar-refractivity contribution in [1.82, 2.24) is 4.90 Å². The summed E-state index contributed by atoms with van der Waals surface area (Å²) in [6.07, 6.45) is 0.206. The van der Waals surface area contributed by atoms with Gasteiger partial charge in [0, 0.05) is 31.0 Å². The van der Waals surface area contributed by atoms with Gasteiger partial charge in [-0.3, -0.25) is 9.59 Å². The molecule has 0 aromatic heterocycles. The van der Waals surface area contributed by atoms with E-state index in [0.717, 1.165) is 41.0 Å². The highest BCUT2D eigenvalue weighted by Gasteiger charge is 2.32. The van der Waals surface area contributed by atoms with Gasteiger partial charge in [-0.1, -0.05) is 90.5 Å². The van der Waals surface area contributed by atoms with Crippen molar-refractivity contribution >= 4 is 23.2 Å². The molecular formula is C34H35N3O3. The van der Waals surface area contributed by atoms with Crippen LogP contribution in [0.15, 0.2) is 109 Å². The van der Waals surface area contributed by atoms with E-state index in [0.29, 0.717) is 25.4 Å². The predicted molar refractivity (Wildman–Crippen MR) is 159 cm³/mol. The number of benzene rings is 4. The van der Waals surface area contributed by atoms with Crippen LogP contribution in [0.1, 0.15) is 28.3 Å². The molecule has 40 heavy (non-hydrogen) atoms. The summed E-state index contributed by atoms with van der Waals surface area (Å²) in [7, 11) is 0. The number of nitrogens with one attached hydrogen (secondary N) is 1. The van der Waals surface area contributed by atoms with E-state index >= 15 is 0 Å². The molecule has 1 aliphatic heterocycles. The summed E-state index contributed by atoms with van der Waals surface area (Å²) in [6.45, 7) is 5.44. The predicted octanol–water partition coefficient (Wildman–Crippen LogP) is 5.78. The van der Waals surface area contributed by atoms with Crippen LogP contribution in [-0.2, 0) is 27.3 Å². The monoisotopic (exact) mass is 533 g/mol. The first-order valence-corrected chi connectivity index (χ1v) is 13.7. The van der Waals surface area contributed by atoms with Gasteiger partial charge in [0.15, 0.2) is 0 Å². The van der Waals surface area contributed by atoms with E-state index in [1.165, 1.54) is 0 Å². The SMILES string of the molecule is Cc1ccc(C(C(=O)Nc2ccc(N3CCOCC3)cc2)N(Cc2ccccc2)C(=O)Cc2ccccc2)cc1. The number of carbonyl (C=O) groups is 2. The first kappa shape index (κ1) is 27.2. The number of rotatable bonds is 9. The number of hydrogen-bond acceptors (Lipinski definition) is 4. The summed E-state index contributed by atoms with van der Waals surface area (Å²) in [5.41, 5.74) is 5.52. The van der Waals surface area contributed by atoms with Crippen LogP contribution in [0.3, 0.4) is 0 Å². The molecule has 0 saturated carbocycles. The summed E-state index contributed by atoms with van der Waals surface area (Å²) >= 11 is 0. The van der Waals surface area contributed by atoms with E-state index in [-0.39, 0.29) is 18.2 Å². The molecule has 1 unspecified atom stereocenters. The third-order valence-corrected chi connectivity index (χ3v) is 7.18. The van der Waals surface area contributed by atoms with Crippen LogP contribution >= 0.6 is 0 Å². The van der Waals surface area contributed by atoms with E-state index in [4.69, 9.17) is 4.74 Å². The lowest BCUT2D eigenvalue weighted by Gasteiger charge is -2.32. The molecule has 1 saturated heterocycles. The molecular weight excluding hydrogens is 498 g/mol. The van der Waals surface area contributed by atoms with Gasteiger partial charge in [-0.05, 0) is 47.9 Å². The highest BCUT2D eigenvalue weighted by Crippen LogP contribution is 2.28. The standard InChI is InChI=1S/C34H35N3O3/c1-26-12-14-29(15-13-26)33(34(39)35-30-16-18-31(19-17-30)36-20-22-40-23-21-36)37(25-28-10-6-3-7-11-28)32(38)24-27-8-4-2-5-9-27/h2-19,33H,20-25H2,1H3,(H,35,39). The molecule has 6 nitrogen and oxygen atoms in total. The van der Waals surface area contributed by atoms with Crippen molar-refractivity contribution in [3.8, 4) is 0 Å². The third kappa shape index (κ3) is 6.96. The average molecular weight is 534 g/mol. The van der Waals surface area contributed by atoms with Crippen molar-refractivity contribution in [2.24, 2.45) is 0 Å². The summed E-state index contributed by atoms with van der Waals surface area (Å²) in [5, 5.41) is 3.09. The Morgan fingerprint density at radius 1 is 0.800 bits per heavy atom. The maximum absolute atomic E-state index is 14.0. The van der Waals surface area contributed by atoms with Gasteiger partial charge in [0.1, 0.15) is 6.04 Å². The smallest absolute Gasteiger partial charge is 0.251 e. The quantitative estimate of drug-likeness (QED) is 0.296. The Balaban J connectivity index is 1.45. The highest BCUT2D eigenvalue weighted by molar-refractivity contribution is 5.98. The van der Waals surface area contributed by atoms with Gasteiger partial charge in [0.05, 0.1) is 19.6 Å². The van der Waals surface area contributed by atoms with E-state index in [1.54, 1.807) is 4.90 Å². The van der Waals surface area contributed by atoms with E-state index in [2.05, 4.69) is 10.2 Å². The molecule has 0 aliphatic carbocycles. The number of carbonyl (C=O) groups excluding carboxylic acids is 2. The molecule has 1 fully saturated rings. The van der Waals surface area contributed by atoms with Crippen LogP contribution in [0.4, 0.5) is 11.4 Å². The van der Waals surface area contributed by atoms with Crippen LogP contribution in [0.2, 0.25) is 0 Å². The molecule has 4 aromatic carbocycles. The Labute approximate surface area is 236 Å². The van der Waals surface area contributed by atoms with E-state index in [9.17, 15) is 9.59 Å². The second-order valence-corrected chi connectivity index (χ2v) is 10.1. The van der Waals surface area contributed by atoms with E-state index < -0.39 is 6.04 Å². The number of nitrogens with zero attached hydrogens (tertiary/aromatic N) is 2. The Kier molecular flexibility index (Phi) is 8.89. The Bertz CT molecular complexity index is 1380. The molecule has 2 amide bonds.